The van der Waals surface area contributed by atoms with Crippen molar-refractivity contribution in [3.05, 3.63) is 109 Å². The van der Waals surface area contributed by atoms with E-state index in [-0.39, 0.29) is 25.1 Å². The van der Waals surface area contributed by atoms with Crippen molar-refractivity contribution in [2.75, 3.05) is 25.6 Å². The van der Waals surface area contributed by atoms with Crippen LogP contribution < -0.4 is 5.32 Å². The number of aliphatic hydroxyl groups is 2. The van der Waals surface area contributed by atoms with Gasteiger partial charge in [-0.3, -0.25) is 9.30 Å². The molecule has 9 heteroatoms. The summed E-state index contributed by atoms with van der Waals surface area (Å²) in [7, 11) is 1.85. The minimum atomic E-state index is -0.358. The first-order valence-corrected chi connectivity index (χ1v) is 12.5. The molecule has 0 spiro atoms. The zero-order valence-electron chi connectivity index (χ0n) is 21.5. The molecule has 0 aliphatic carbocycles. The maximum absolute atomic E-state index is 13.7. The fourth-order valence-electron chi connectivity index (χ4n) is 4.39. The van der Waals surface area contributed by atoms with Crippen molar-refractivity contribution in [2.24, 2.45) is 0 Å². The number of aromatic nitrogens is 4. The van der Waals surface area contributed by atoms with Gasteiger partial charge in [0.25, 0.3) is 0 Å². The van der Waals surface area contributed by atoms with Gasteiger partial charge in [-0.2, -0.15) is 0 Å². The molecule has 8 nitrogen and oxygen atoms in total. The predicted molar refractivity (Wildman–Crippen MR) is 150 cm³/mol. The SMILES string of the molecule is C=C(Nc1nccc(-c2c(-c3ccc(F)cc3)nc3cc(CN(C)C(CO)CO)ccn23)n1)c1ccccc1. The van der Waals surface area contributed by atoms with Crippen molar-refractivity contribution in [3.8, 4) is 22.6 Å². The Morgan fingerprint density at radius 1 is 1.03 bits per heavy atom. The minimum Gasteiger partial charge on any atom is -0.395 e. The van der Waals surface area contributed by atoms with Gasteiger partial charge >= 0.3 is 0 Å². The number of imidazole rings is 1. The van der Waals surface area contributed by atoms with Crippen LogP contribution in [0.5, 0.6) is 0 Å². The molecular weight excluding hydrogens is 495 g/mol. The summed E-state index contributed by atoms with van der Waals surface area (Å²) in [5.74, 6) is 0.0586. The number of hydrogen-bond acceptors (Lipinski definition) is 7. The van der Waals surface area contributed by atoms with E-state index in [1.165, 1.54) is 12.1 Å². The number of nitrogens with one attached hydrogen (secondary N) is 1. The zero-order valence-corrected chi connectivity index (χ0v) is 21.5. The number of likely N-dealkylation sites (N-methyl/N-ethyl adjacent to an activating group) is 1. The van der Waals surface area contributed by atoms with Gasteiger partial charge < -0.3 is 15.5 Å². The molecule has 5 aromatic rings. The fraction of sp³-hybridized carbons (Fsp3) is 0.167. The Morgan fingerprint density at radius 3 is 2.49 bits per heavy atom. The van der Waals surface area contributed by atoms with E-state index < -0.39 is 0 Å². The van der Waals surface area contributed by atoms with Crippen LogP contribution >= 0.6 is 0 Å². The van der Waals surface area contributed by atoms with Crippen LogP contribution in [0.15, 0.2) is 91.8 Å². The largest absolute Gasteiger partial charge is 0.395 e. The lowest BCUT2D eigenvalue weighted by Crippen LogP contribution is -2.37. The molecular formula is C30H29FN6O2. The number of rotatable bonds is 10. The fourth-order valence-corrected chi connectivity index (χ4v) is 4.39. The quantitative estimate of drug-likeness (QED) is 0.248. The number of benzene rings is 2. The molecule has 0 bridgehead atoms. The summed E-state index contributed by atoms with van der Waals surface area (Å²) in [5.41, 5.74) is 6.00. The highest BCUT2D eigenvalue weighted by Crippen LogP contribution is 2.33. The first kappa shape index (κ1) is 26.2. The molecule has 0 aliphatic rings. The molecule has 3 heterocycles. The van der Waals surface area contributed by atoms with Gasteiger partial charge in [0.05, 0.1) is 36.3 Å². The Bertz CT molecular complexity index is 1580. The van der Waals surface area contributed by atoms with Gasteiger partial charge in [-0.25, -0.2) is 19.3 Å². The van der Waals surface area contributed by atoms with E-state index in [2.05, 4.69) is 16.9 Å². The van der Waals surface area contributed by atoms with Crippen molar-refractivity contribution in [3.63, 3.8) is 0 Å². The molecule has 5 rings (SSSR count). The van der Waals surface area contributed by atoms with E-state index >= 15 is 0 Å². The summed E-state index contributed by atoms with van der Waals surface area (Å²) >= 11 is 0. The molecule has 3 N–H and O–H groups in total. The third kappa shape index (κ3) is 5.70. The highest BCUT2D eigenvalue weighted by Gasteiger charge is 2.19. The third-order valence-corrected chi connectivity index (χ3v) is 6.57. The number of aliphatic hydroxyl groups excluding tert-OH is 2. The lowest BCUT2D eigenvalue weighted by Gasteiger charge is -2.24. The second kappa shape index (κ2) is 11.5. The second-order valence-corrected chi connectivity index (χ2v) is 9.25. The average molecular weight is 525 g/mol. The molecule has 3 aromatic heterocycles. The van der Waals surface area contributed by atoms with Crippen molar-refractivity contribution in [2.45, 2.75) is 12.6 Å². The summed E-state index contributed by atoms with van der Waals surface area (Å²) in [4.78, 5) is 15.9. The van der Waals surface area contributed by atoms with Gasteiger partial charge in [0, 0.05) is 30.2 Å². The molecule has 0 saturated carbocycles. The number of nitrogens with zero attached hydrogens (tertiary/aromatic N) is 5. The van der Waals surface area contributed by atoms with Crippen LogP contribution in [0.25, 0.3) is 34.0 Å². The van der Waals surface area contributed by atoms with E-state index in [0.29, 0.717) is 35.2 Å². The minimum absolute atomic E-state index is 0.141. The maximum atomic E-state index is 13.7. The van der Waals surface area contributed by atoms with E-state index in [4.69, 9.17) is 9.97 Å². The smallest absolute Gasteiger partial charge is 0.227 e. The normalized spacial score (nSPS) is 11.4. The first-order valence-electron chi connectivity index (χ1n) is 12.5. The van der Waals surface area contributed by atoms with E-state index in [1.807, 2.05) is 71.1 Å². The highest BCUT2D eigenvalue weighted by molar-refractivity contribution is 5.81. The van der Waals surface area contributed by atoms with E-state index in [0.717, 1.165) is 22.4 Å². The molecule has 0 saturated heterocycles. The molecule has 0 unspecified atom stereocenters. The van der Waals surface area contributed by atoms with Crippen LogP contribution in [0.3, 0.4) is 0 Å². The Balaban J connectivity index is 1.56. The summed E-state index contributed by atoms with van der Waals surface area (Å²) in [6, 6.07) is 21.3. The van der Waals surface area contributed by atoms with Gasteiger partial charge in [-0.15, -0.1) is 0 Å². The summed E-state index contributed by atoms with van der Waals surface area (Å²) in [6.45, 7) is 4.35. The number of anilines is 1. The van der Waals surface area contributed by atoms with E-state index in [1.54, 1.807) is 18.3 Å². The Morgan fingerprint density at radius 2 is 1.77 bits per heavy atom. The molecule has 0 radical (unpaired) electrons. The molecule has 0 fully saturated rings. The summed E-state index contributed by atoms with van der Waals surface area (Å²) < 4.78 is 15.7. The molecule has 0 aliphatic heterocycles. The van der Waals surface area contributed by atoms with Crippen molar-refractivity contribution < 1.29 is 14.6 Å². The third-order valence-electron chi connectivity index (χ3n) is 6.57. The van der Waals surface area contributed by atoms with Crippen molar-refractivity contribution >= 4 is 17.3 Å². The monoisotopic (exact) mass is 524 g/mol. The van der Waals surface area contributed by atoms with Crippen molar-refractivity contribution in [1.82, 2.24) is 24.3 Å². The van der Waals surface area contributed by atoms with Crippen LogP contribution in [-0.4, -0.2) is 60.8 Å². The Hall–Kier alpha value is -4.44. The van der Waals surface area contributed by atoms with Crippen LogP contribution in [0.4, 0.5) is 10.3 Å². The van der Waals surface area contributed by atoms with E-state index in [9.17, 15) is 14.6 Å². The lowest BCUT2D eigenvalue weighted by atomic mass is 10.1. The number of pyridine rings is 1. The van der Waals surface area contributed by atoms with Crippen LogP contribution in [0, 0.1) is 5.82 Å². The first-order chi connectivity index (χ1) is 19.0. The predicted octanol–water partition coefficient (Wildman–Crippen LogP) is 4.47. The average Bonchev–Trinajstić information content (AvgIpc) is 3.33. The van der Waals surface area contributed by atoms with Crippen molar-refractivity contribution in [1.29, 1.82) is 0 Å². The van der Waals surface area contributed by atoms with Crippen LogP contribution in [0.2, 0.25) is 0 Å². The molecule has 0 amide bonds. The van der Waals surface area contributed by atoms with Gasteiger partial charge in [0.1, 0.15) is 11.5 Å². The lowest BCUT2D eigenvalue weighted by molar-refractivity contribution is 0.0874. The van der Waals surface area contributed by atoms with Gasteiger partial charge in [-0.1, -0.05) is 36.9 Å². The van der Waals surface area contributed by atoms with Gasteiger partial charge in [0.15, 0.2) is 0 Å². The Kier molecular flexibility index (Phi) is 7.74. The topological polar surface area (TPSA) is 98.8 Å². The molecule has 0 atom stereocenters. The molecule has 198 valence electrons. The van der Waals surface area contributed by atoms with Crippen LogP contribution in [0.1, 0.15) is 11.1 Å². The van der Waals surface area contributed by atoms with Gasteiger partial charge in [0.2, 0.25) is 5.95 Å². The molecule has 2 aromatic carbocycles. The summed E-state index contributed by atoms with van der Waals surface area (Å²) in [5, 5.41) is 22.2. The second-order valence-electron chi connectivity index (χ2n) is 9.25. The van der Waals surface area contributed by atoms with Crippen LogP contribution in [-0.2, 0) is 6.54 Å². The standard InChI is InChI=1S/C30H29FN6O2/c1-20(22-6-4-3-5-7-22)33-30-32-14-12-26(34-30)29-28(23-8-10-24(31)11-9-23)35-27-16-21(13-15-37(27)29)17-36(2)25(18-38)19-39/h3-16,25,38-39H,1,17-19H2,2H3,(H,32,33,34). The molecule has 39 heavy (non-hydrogen) atoms. The number of hydrogen-bond donors (Lipinski definition) is 3. The number of halogens is 1. The maximum Gasteiger partial charge on any atom is 0.227 e. The number of fused-ring (bicyclic) bond motifs is 1. The summed E-state index contributed by atoms with van der Waals surface area (Å²) in [6.07, 6.45) is 3.59. The highest BCUT2D eigenvalue weighted by atomic mass is 19.1. The van der Waals surface area contributed by atoms with Gasteiger partial charge in [-0.05, 0) is 60.6 Å². The zero-order chi connectivity index (χ0) is 27.4. The Labute approximate surface area is 225 Å².